The van der Waals surface area contributed by atoms with Crippen LogP contribution in [0.2, 0.25) is 0 Å². The van der Waals surface area contributed by atoms with E-state index in [0.717, 1.165) is 6.42 Å². The molecule has 1 saturated heterocycles. The Hall–Kier alpha value is -0.0800. The van der Waals surface area contributed by atoms with Gasteiger partial charge in [0.1, 0.15) is 0 Å². The van der Waals surface area contributed by atoms with Crippen molar-refractivity contribution < 1.29 is 5.11 Å². The first kappa shape index (κ1) is 10.4. The molecule has 0 radical (unpaired) electrons. The predicted molar refractivity (Wildman–Crippen MR) is 58.3 cm³/mol. The quantitative estimate of drug-likeness (QED) is 0.748. The average Bonchev–Trinajstić information content (AvgIpc) is 2.16. The minimum Gasteiger partial charge on any atom is -0.396 e. The third kappa shape index (κ3) is 1.96. The van der Waals surface area contributed by atoms with Crippen LogP contribution in [0.4, 0.5) is 0 Å². The van der Waals surface area contributed by atoms with Crippen LogP contribution in [-0.2, 0) is 0 Å². The Morgan fingerprint density at radius 2 is 1.86 bits per heavy atom. The zero-order valence-corrected chi connectivity index (χ0v) is 9.34. The van der Waals surface area contributed by atoms with Crippen LogP contribution in [0.1, 0.15) is 45.4 Å². The molecule has 2 fully saturated rings. The Bertz CT molecular complexity index is 179. The van der Waals surface area contributed by atoms with Gasteiger partial charge >= 0.3 is 0 Å². The molecule has 2 nitrogen and oxygen atoms in total. The molecule has 1 saturated carbocycles. The maximum atomic E-state index is 8.88. The van der Waals surface area contributed by atoms with Crippen molar-refractivity contribution in [1.82, 2.24) is 4.90 Å². The third-order valence-corrected chi connectivity index (χ3v) is 4.16. The molecule has 82 valence electrons. The molecule has 0 amide bonds. The van der Waals surface area contributed by atoms with Crippen LogP contribution >= 0.6 is 0 Å². The normalized spacial score (nSPS) is 28.7. The number of likely N-dealkylation sites (tertiary alicyclic amines) is 1. The van der Waals surface area contributed by atoms with E-state index in [1.165, 1.54) is 45.2 Å². The van der Waals surface area contributed by atoms with Gasteiger partial charge < -0.3 is 5.11 Å². The van der Waals surface area contributed by atoms with Gasteiger partial charge in [-0.15, -0.1) is 0 Å². The molecular weight excluding hydrogens is 174 g/mol. The van der Waals surface area contributed by atoms with Crippen molar-refractivity contribution in [3.05, 3.63) is 0 Å². The van der Waals surface area contributed by atoms with Crippen LogP contribution in [0.5, 0.6) is 0 Å². The molecule has 2 rings (SSSR count). The van der Waals surface area contributed by atoms with E-state index in [9.17, 15) is 0 Å². The second-order valence-corrected chi connectivity index (χ2v) is 5.33. The van der Waals surface area contributed by atoms with E-state index < -0.39 is 0 Å². The molecule has 1 aliphatic heterocycles. The number of aliphatic hydroxyl groups excluding tert-OH is 1. The lowest BCUT2D eigenvalue weighted by molar-refractivity contribution is -0.0548. The van der Waals surface area contributed by atoms with Crippen molar-refractivity contribution in [1.29, 1.82) is 0 Å². The summed E-state index contributed by atoms with van der Waals surface area (Å²) in [6.45, 7) is 5.18. The standard InChI is InChI=1S/C12H23NO/c1-11(5-8-14)13-9-12(10-13)6-3-2-4-7-12/h11,14H,2-10H2,1H3. The Labute approximate surface area is 87.3 Å². The fraction of sp³-hybridized carbons (Fsp3) is 1.00. The van der Waals surface area contributed by atoms with Gasteiger partial charge in [0.25, 0.3) is 0 Å². The topological polar surface area (TPSA) is 23.5 Å². The van der Waals surface area contributed by atoms with Crippen molar-refractivity contribution >= 4 is 0 Å². The van der Waals surface area contributed by atoms with Crippen molar-refractivity contribution in [2.45, 2.75) is 51.5 Å². The highest BCUT2D eigenvalue weighted by Crippen LogP contribution is 2.44. The first-order chi connectivity index (χ1) is 6.76. The van der Waals surface area contributed by atoms with Gasteiger partial charge in [-0.25, -0.2) is 0 Å². The molecular formula is C12H23NO. The van der Waals surface area contributed by atoms with Crippen LogP contribution in [0.25, 0.3) is 0 Å². The van der Waals surface area contributed by atoms with Gasteiger partial charge in [0.05, 0.1) is 0 Å². The molecule has 1 unspecified atom stereocenters. The summed E-state index contributed by atoms with van der Waals surface area (Å²) < 4.78 is 0. The molecule has 1 heterocycles. The zero-order chi connectivity index (χ0) is 10.0. The van der Waals surface area contributed by atoms with Gasteiger partial charge in [-0.1, -0.05) is 19.3 Å². The highest BCUT2D eigenvalue weighted by Gasteiger charge is 2.44. The van der Waals surface area contributed by atoms with Crippen LogP contribution in [0.3, 0.4) is 0 Å². The zero-order valence-electron chi connectivity index (χ0n) is 9.34. The Morgan fingerprint density at radius 1 is 1.21 bits per heavy atom. The molecule has 0 aromatic carbocycles. The first-order valence-electron chi connectivity index (χ1n) is 6.11. The van der Waals surface area contributed by atoms with Crippen LogP contribution in [-0.4, -0.2) is 35.7 Å². The Kier molecular flexibility index (Phi) is 3.13. The van der Waals surface area contributed by atoms with Crippen molar-refractivity contribution in [2.24, 2.45) is 5.41 Å². The lowest BCUT2D eigenvalue weighted by atomic mass is 9.68. The van der Waals surface area contributed by atoms with Gasteiger partial charge in [0, 0.05) is 25.7 Å². The average molecular weight is 197 g/mol. The van der Waals surface area contributed by atoms with Crippen LogP contribution in [0.15, 0.2) is 0 Å². The van der Waals surface area contributed by atoms with Crippen molar-refractivity contribution in [3.63, 3.8) is 0 Å². The summed E-state index contributed by atoms with van der Waals surface area (Å²) in [5.74, 6) is 0. The SMILES string of the molecule is CC(CCO)N1CC2(CCCCC2)C1. The van der Waals surface area contributed by atoms with Gasteiger partial charge in [0.15, 0.2) is 0 Å². The lowest BCUT2D eigenvalue weighted by Crippen LogP contribution is -2.59. The highest BCUT2D eigenvalue weighted by molar-refractivity contribution is 4.97. The number of nitrogens with zero attached hydrogens (tertiary/aromatic N) is 1. The molecule has 2 heteroatoms. The second kappa shape index (κ2) is 4.19. The number of rotatable bonds is 3. The summed E-state index contributed by atoms with van der Waals surface area (Å²) in [5, 5.41) is 8.88. The number of aliphatic hydroxyl groups is 1. The van der Waals surface area contributed by atoms with Crippen molar-refractivity contribution in [3.8, 4) is 0 Å². The van der Waals surface area contributed by atoms with E-state index in [2.05, 4.69) is 11.8 Å². The smallest absolute Gasteiger partial charge is 0.0445 e. The maximum absolute atomic E-state index is 8.88. The summed E-state index contributed by atoms with van der Waals surface area (Å²) in [4.78, 5) is 2.54. The van der Waals surface area contributed by atoms with E-state index in [1.54, 1.807) is 0 Å². The molecule has 0 aromatic rings. The minimum atomic E-state index is 0.338. The van der Waals surface area contributed by atoms with E-state index in [4.69, 9.17) is 5.11 Å². The third-order valence-electron chi connectivity index (χ3n) is 4.16. The molecule has 1 aliphatic carbocycles. The van der Waals surface area contributed by atoms with E-state index >= 15 is 0 Å². The van der Waals surface area contributed by atoms with Gasteiger partial charge in [-0.2, -0.15) is 0 Å². The number of hydrogen-bond donors (Lipinski definition) is 1. The largest absolute Gasteiger partial charge is 0.396 e. The molecule has 1 spiro atoms. The molecule has 2 aliphatic rings. The molecule has 1 N–H and O–H groups in total. The van der Waals surface area contributed by atoms with E-state index in [-0.39, 0.29) is 0 Å². The molecule has 1 atom stereocenters. The summed E-state index contributed by atoms with van der Waals surface area (Å²) in [7, 11) is 0. The molecule has 0 bridgehead atoms. The highest BCUT2D eigenvalue weighted by atomic mass is 16.3. The van der Waals surface area contributed by atoms with Gasteiger partial charge in [-0.3, -0.25) is 4.90 Å². The van der Waals surface area contributed by atoms with Gasteiger partial charge in [0.2, 0.25) is 0 Å². The lowest BCUT2D eigenvalue weighted by Gasteiger charge is -2.54. The van der Waals surface area contributed by atoms with E-state index in [0.29, 0.717) is 18.1 Å². The summed E-state index contributed by atoms with van der Waals surface area (Å²) in [5.41, 5.74) is 0.696. The fourth-order valence-electron chi connectivity index (χ4n) is 3.11. The minimum absolute atomic E-state index is 0.338. The van der Waals surface area contributed by atoms with Crippen molar-refractivity contribution in [2.75, 3.05) is 19.7 Å². The molecule has 14 heavy (non-hydrogen) atoms. The summed E-state index contributed by atoms with van der Waals surface area (Å²) >= 11 is 0. The maximum Gasteiger partial charge on any atom is 0.0445 e. The first-order valence-corrected chi connectivity index (χ1v) is 6.11. The van der Waals surface area contributed by atoms with E-state index in [1.807, 2.05) is 0 Å². The Balaban J connectivity index is 1.77. The van der Waals surface area contributed by atoms with Crippen LogP contribution in [0, 0.1) is 5.41 Å². The number of hydrogen-bond acceptors (Lipinski definition) is 2. The molecule has 0 aromatic heterocycles. The summed E-state index contributed by atoms with van der Waals surface area (Å²) in [6.07, 6.45) is 8.19. The fourth-order valence-corrected chi connectivity index (χ4v) is 3.11. The predicted octanol–water partition coefficient (Wildman–Crippen LogP) is 2.02. The van der Waals surface area contributed by atoms with Gasteiger partial charge in [-0.05, 0) is 31.6 Å². The monoisotopic (exact) mass is 197 g/mol. The Morgan fingerprint density at radius 3 is 2.43 bits per heavy atom. The van der Waals surface area contributed by atoms with Crippen LogP contribution < -0.4 is 0 Å². The second-order valence-electron chi connectivity index (χ2n) is 5.33. The summed E-state index contributed by atoms with van der Waals surface area (Å²) in [6, 6.07) is 0.590.